The van der Waals surface area contributed by atoms with Crippen molar-refractivity contribution in [2.45, 2.75) is 19.3 Å². The van der Waals surface area contributed by atoms with E-state index in [0.717, 1.165) is 38.6 Å². The van der Waals surface area contributed by atoms with Crippen molar-refractivity contribution in [3.63, 3.8) is 0 Å². The Balaban J connectivity index is 2.11. The minimum absolute atomic E-state index is 0.615. The normalized spacial score (nSPS) is 18.7. The predicted molar refractivity (Wildman–Crippen MR) is 62.4 cm³/mol. The van der Waals surface area contributed by atoms with E-state index in [1.165, 1.54) is 12.8 Å². The molecule has 1 heterocycles. The molecule has 0 aromatic rings. The van der Waals surface area contributed by atoms with Crippen molar-refractivity contribution in [2.24, 2.45) is 11.7 Å². The number of nitrogens with zero attached hydrogens (tertiary/aromatic N) is 1. The summed E-state index contributed by atoms with van der Waals surface area (Å²) in [6.45, 7) is 3.97. The van der Waals surface area contributed by atoms with Crippen LogP contribution in [-0.2, 0) is 4.74 Å². The van der Waals surface area contributed by atoms with Gasteiger partial charge in [-0.2, -0.15) is 0 Å². The molecule has 0 radical (unpaired) electrons. The van der Waals surface area contributed by atoms with Gasteiger partial charge in [-0.1, -0.05) is 12.2 Å². The summed E-state index contributed by atoms with van der Waals surface area (Å²) in [5.74, 6) is 0.792. The third kappa shape index (κ3) is 4.88. The highest BCUT2D eigenvalue weighted by Crippen LogP contribution is 2.15. The van der Waals surface area contributed by atoms with Crippen molar-refractivity contribution in [2.75, 3.05) is 33.4 Å². The Bertz CT molecular complexity index is 181. The number of hydrogen-bond acceptors (Lipinski definition) is 3. The van der Waals surface area contributed by atoms with Crippen LogP contribution in [0, 0.1) is 5.92 Å². The van der Waals surface area contributed by atoms with Crippen LogP contribution in [0.5, 0.6) is 0 Å². The van der Waals surface area contributed by atoms with Crippen molar-refractivity contribution in [1.29, 1.82) is 0 Å². The van der Waals surface area contributed by atoms with Gasteiger partial charge < -0.3 is 15.4 Å². The Kier molecular flexibility index (Phi) is 5.37. The minimum Gasteiger partial charge on any atom is -0.393 e. The zero-order valence-electron chi connectivity index (χ0n) is 8.87. The highest BCUT2D eigenvalue weighted by Gasteiger charge is 2.15. The highest BCUT2D eigenvalue weighted by atomic mass is 32.1. The first-order valence-corrected chi connectivity index (χ1v) is 5.64. The van der Waals surface area contributed by atoms with E-state index in [-0.39, 0.29) is 0 Å². The largest absolute Gasteiger partial charge is 0.393 e. The number of ether oxygens (including phenoxy) is 1. The van der Waals surface area contributed by atoms with Crippen LogP contribution < -0.4 is 5.73 Å². The molecule has 0 amide bonds. The summed E-state index contributed by atoms with van der Waals surface area (Å²) in [5, 5.41) is 0. The molecule has 1 fully saturated rings. The van der Waals surface area contributed by atoms with Gasteiger partial charge in [-0.25, -0.2) is 0 Å². The van der Waals surface area contributed by atoms with Crippen molar-refractivity contribution >= 4 is 17.2 Å². The van der Waals surface area contributed by atoms with Gasteiger partial charge in [0.2, 0.25) is 0 Å². The van der Waals surface area contributed by atoms with Crippen LogP contribution in [0.15, 0.2) is 0 Å². The Morgan fingerprint density at radius 3 is 2.71 bits per heavy atom. The summed E-state index contributed by atoms with van der Waals surface area (Å²) in [4.78, 5) is 2.93. The summed E-state index contributed by atoms with van der Waals surface area (Å²) >= 11 is 4.85. The number of nitrogens with two attached hydrogens (primary N) is 1. The molecule has 1 saturated heterocycles. The lowest BCUT2D eigenvalue weighted by atomic mass is 10.00. The van der Waals surface area contributed by atoms with Crippen LogP contribution in [-0.4, -0.2) is 43.2 Å². The van der Waals surface area contributed by atoms with Crippen molar-refractivity contribution < 1.29 is 4.74 Å². The van der Waals surface area contributed by atoms with E-state index in [9.17, 15) is 0 Å². The minimum atomic E-state index is 0.615. The number of thiocarbonyl (C=S) groups is 1. The molecule has 0 aromatic carbocycles. The first kappa shape index (κ1) is 11.9. The molecule has 0 spiro atoms. The van der Waals surface area contributed by atoms with E-state index >= 15 is 0 Å². The van der Waals surface area contributed by atoms with Gasteiger partial charge >= 0.3 is 0 Å². The number of rotatable bonds is 5. The molecule has 0 aromatic heterocycles. The zero-order valence-corrected chi connectivity index (χ0v) is 9.68. The third-order valence-corrected chi connectivity index (χ3v) is 2.85. The molecule has 1 aliphatic heterocycles. The van der Waals surface area contributed by atoms with Crippen molar-refractivity contribution in [3.8, 4) is 0 Å². The maximum atomic E-state index is 5.46. The van der Waals surface area contributed by atoms with Gasteiger partial charge in [-0.3, -0.25) is 0 Å². The second-order valence-electron chi connectivity index (χ2n) is 4.03. The Labute approximate surface area is 91.6 Å². The lowest BCUT2D eigenvalue weighted by Gasteiger charge is -2.26. The summed E-state index contributed by atoms with van der Waals surface area (Å²) in [5.41, 5.74) is 5.46. The smallest absolute Gasteiger partial charge is 0.0740 e. The Hall–Kier alpha value is -0.190. The van der Waals surface area contributed by atoms with Crippen LogP contribution in [0.25, 0.3) is 0 Å². The monoisotopic (exact) mass is 216 g/mol. The molecule has 0 bridgehead atoms. The maximum absolute atomic E-state index is 5.46. The summed E-state index contributed by atoms with van der Waals surface area (Å²) in [6, 6.07) is 0. The van der Waals surface area contributed by atoms with Gasteiger partial charge in [0, 0.05) is 32.7 Å². The molecule has 14 heavy (non-hydrogen) atoms. The fraction of sp³-hybridized carbons (Fsp3) is 0.900. The van der Waals surface area contributed by atoms with Crippen LogP contribution in [0.1, 0.15) is 19.3 Å². The molecular formula is C10H20N2OS. The summed E-state index contributed by atoms with van der Waals surface area (Å²) < 4.78 is 5.32. The van der Waals surface area contributed by atoms with Crippen LogP contribution >= 0.6 is 12.2 Å². The van der Waals surface area contributed by atoms with Gasteiger partial charge in [0.05, 0.1) is 4.99 Å². The molecule has 2 N–H and O–H groups in total. The quantitative estimate of drug-likeness (QED) is 0.696. The second-order valence-corrected chi connectivity index (χ2v) is 4.56. The van der Waals surface area contributed by atoms with Crippen LogP contribution in [0.4, 0.5) is 0 Å². The van der Waals surface area contributed by atoms with E-state index in [0.29, 0.717) is 4.99 Å². The third-order valence-electron chi connectivity index (χ3n) is 2.65. The first-order chi connectivity index (χ1) is 6.68. The fourth-order valence-corrected chi connectivity index (χ4v) is 1.85. The van der Waals surface area contributed by atoms with E-state index in [1.54, 1.807) is 0 Å². The van der Waals surface area contributed by atoms with Crippen LogP contribution in [0.3, 0.4) is 0 Å². The molecular weight excluding hydrogens is 196 g/mol. The van der Waals surface area contributed by atoms with Gasteiger partial charge in [0.25, 0.3) is 0 Å². The lowest BCUT2D eigenvalue weighted by molar-refractivity contribution is 0.0560. The molecule has 0 saturated carbocycles. The standard InChI is InChI=1S/C10H20N2OS/c1-12(5-2-10(11)14)8-9-3-6-13-7-4-9/h9H,2-8H2,1H3,(H2,11,14). The molecule has 0 atom stereocenters. The lowest BCUT2D eigenvalue weighted by Crippen LogP contribution is -2.31. The summed E-state index contributed by atoms with van der Waals surface area (Å²) in [6.07, 6.45) is 3.21. The topological polar surface area (TPSA) is 38.5 Å². The zero-order chi connectivity index (χ0) is 10.4. The number of hydrogen-bond donors (Lipinski definition) is 1. The van der Waals surface area contributed by atoms with Crippen molar-refractivity contribution in [3.05, 3.63) is 0 Å². The molecule has 1 aliphatic rings. The van der Waals surface area contributed by atoms with E-state index in [2.05, 4.69) is 11.9 Å². The highest BCUT2D eigenvalue weighted by molar-refractivity contribution is 7.80. The molecule has 0 unspecified atom stereocenters. The van der Waals surface area contributed by atoms with E-state index in [4.69, 9.17) is 22.7 Å². The SMILES string of the molecule is CN(CCC(N)=S)CC1CCOCC1. The van der Waals surface area contributed by atoms with Crippen molar-refractivity contribution in [1.82, 2.24) is 4.90 Å². The van der Waals surface area contributed by atoms with Gasteiger partial charge in [-0.15, -0.1) is 0 Å². The van der Waals surface area contributed by atoms with Gasteiger partial charge in [-0.05, 0) is 25.8 Å². The second kappa shape index (κ2) is 6.32. The maximum Gasteiger partial charge on any atom is 0.0740 e. The fourth-order valence-electron chi connectivity index (χ4n) is 1.76. The van der Waals surface area contributed by atoms with Gasteiger partial charge in [0.1, 0.15) is 0 Å². The average Bonchev–Trinajstić information content (AvgIpc) is 2.16. The molecule has 1 rings (SSSR count). The Morgan fingerprint density at radius 2 is 2.14 bits per heavy atom. The molecule has 3 nitrogen and oxygen atoms in total. The van der Waals surface area contributed by atoms with Gasteiger partial charge in [0.15, 0.2) is 0 Å². The predicted octanol–water partition coefficient (Wildman–Crippen LogP) is 1.02. The molecule has 4 heteroatoms. The first-order valence-electron chi connectivity index (χ1n) is 5.23. The van der Waals surface area contributed by atoms with E-state index in [1.807, 2.05) is 0 Å². The average molecular weight is 216 g/mol. The Morgan fingerprint density at radius 1 is 1.50 bits per heavy atom. The van der Waals surface area contributed by atoms with E-state index < -0.39 is 0 Å². The molecule has 0 aliphatic carbocycles. The summed E-state index contributed by atoms with van der Waals surface area (Å²) in [7, 11) is 2.13. The van der Waals surface area contributed by atoms with Crippen LogP contribution in [0.2, 0.25) is 0 Å². The molecule has 82 valence electrons.